The van der Waals surface area contributed by atoms with Crippen molar-refractivity contribution in [3.05, 3.63) is 18.2 Å². The third-order valence-electron chi connectivity index (χ3n) is 3.38. The van der Waals surface area contributed by atoms with Crippen molar-refractivity contribution in [2.24, 2.45) is 0 Å². The normalized spacial score (nSPS) is 23.1. The van der Waals surface area contributed by atoms with Gasteiger partial charge in [0.25, 0.3) is 0 Å². The highest BCUT2D eigenvalue weighted by Gasteiger charge is 2.30. The van der Waals surface area contributed by atoms with E-state index in [1.165, 1.54) is 11.4 Å². The van der Waals surface area contributed by atoms with Crippen molar-refractivity contribution < 1.29 is 4.74 Å². The maximum atomic E-state index is 5.46. The van der Waals surface area contributed by atoms with Crippen LogP contribution in [-0.2, 0) is 0 Å². The Balaban J connectivity index is 2.05. The molecule has 1 unspecified atom stereocenters. The molecule has 2 aliphatic heterocycles. The highest BCUT2D eigenvalue weighted by atomic mass is 16.5. The lowest BCUT2D eigenvalue weighted by Crippen LogP contribution is -2.56. The van der Waals surface area contributed by atoms with Gasteiger partial charge < -0.3 is 20.3 Å². The van der Waals surface area contributed by atoms with Crippen molar-refractivity contribution >= 4 is 11.4 Å². The van der Waals surface area contributed by atoms with Gasteiger partial charge in [0, 0.05) is 26.2 Å². The molecule has 0 aromatic heterocycles. The molecule has 1 aromatic rings. The first-order valence-corrected chi connectivity index (χ1v) is 5.78. The number of hydrogen-bond donors (Lipinski definition) is 2. The first kappa shape index (κ1) is 9.78. The fraction of sp³-hybridized carbons (Fsp3) is 0.500. The second kappa shape index (κ2) is 3.87. The van der Waals surface area contributed by atoms with Crippen LogP contribution in [-0.4, -0.2) is 39.3 Å². The number of para-hydroxylation sites is 1. The minimum absolute atomic E-state index is 0.539. The molecule has 1 fully saturated rings. The summed E-state index contributed by atoms with van der Waals surface area (Å²) < 4.78 is 5.46. The summed E-state index contributed by atoms with van der Waals surface area (Å²) in [5, 5.41) is 6.90. The number of benzene rings is 1. The zero-order valence-electron chi connectivity index (χ0n) is 9.49. The van der Waals surface area contributed by atoms with Gasteiger partial charge in [-0.25, -0.2) is 0 Å². The predicted octanol–water partition coefficient (Wildman–Crippen LogP) is 0.899. The van der Waals surface area contributed by atoms with Crippen LogP contribution in [0, 0.1) is 0 Å². The molecule has 4 nitrogen and oxygen atoms in total. The molecule has 0 spiro atoms. The van der Waals surface area contributed by atoms with Gasteiger partial charge in [-0.15, -0.1) is 0 Å². The molecule has 4 heteroatoms. The highest BCUT2D eigenvalue weighted by Crippen LogP contribution is 2.39. The standard InChI is InChI=1S/C12H17N3O/c1-16-11-4-2-3-10-12(11)15-6-5-13-7-9(15)8-14-10/h2-4,9,13-14H,5-8H2,1H3. The van der Waals surface area contributed by atoms with E-state index >= 15 is 0 Å². The van der Waals surface area contributed by atoms with Crippen LogP contribution in [0.1, 0.15) is 0 Å². The monoisotopic (exact) mass is 219 g/mol. The first-order valence-electron chi connectivity index (χ1n) is 5.78. The molecule has 0 amide bonds. The van der Waals surface area contributed by atoms with Crippen LogP contribution in [0.3, 0.4) is 0 Å². The summed E-state index contributed by atoms with van der Waals surface area (Å²) in [4.78, 5) is 2.46. The smallest absolute Gasteiger partial charge is 0.144 e. The predicted molar refractivity (Wildman–Crippen MR) is 65.5 cm³/mol. The molecule has 1 atom stereocenters. The lowest BCUT2D eigenvalue weighted by molar-refractivity contribution is 0.406. The molecule has 2 heterocycles. The number of ether oxygens (including phenoxy) is 1. The van der Waals surface area contributed by atoms with Crippen LogP contribution >= 0.6 is 0 Å². The first-order chi connectivity index (χ1) is 7.90. The van der Waals surface area contributed by atoms with Crippen LogP contribution in [0.25, 0.3) is 0 Å². The lowest BCUT2D eigenvalue weighted by atomic mass is 10.1. The van der Waals surface area contributed by atoms with Gasteiger partial charge in [-0.1, -0.05) is 6.07 Å². The molecule has 1 aromatic carbocycles. The number of methoxy groups -OCH3 is 1. The Hall–Kier alpha value is -1.42. The summed E-state index contributed by atoms with van der Waals surface area (Å²) in [5.41, 5.74) is 2.42. The largest absolute Gasteiger partial charge is 0.495 e. The van der Waals surface area contributed by atoms with Gasteiger partial charge in [-0.05, 0) is 12.1 Å². The number of nitrogens with zero attached hydrogens (tertiary/aromatic N) is 1. The van der Waals surface area contributed by atoms with Crippen LogP contribution in [0.2, 0.25) is 0 Å². The van der Waals surface area contributed by atoms with Gasteiger partial charge in [-0.2, -0.15) is 0 Å². The summed E-state index contributed by atoms with van der Waals surface area (Å²) in [5.74, 6) is 0.969. The molecule has 86 valence electrons. The average molecular weight is 219 g/mol. The maximum Gasteiger partial charge on any atom is 0.144 e. The zero-order chi connectivity index (χ0) is 11.0. The SMILES string of the molecule is COc1cccc2c1N1CCNCC1CN2. The summed E-state index contributed by atoms with van der Waals surface area (Å²) >= 11 is 0. The molecule has 2 aliphatic rings. The van der Waals surface area contributed by atoms with Gasteiger partial charge >= 0.3 is 0 Å². The van der Waals surface area contributed by atoms with Crippen LogP contribution in [0.4, 0.5) is 11.4 Å². The molecule has 0 saturated carbocycles. The van der Waals surface area contributed by atoms with Crippen molar-refractivity contribution in [2.75, 3.05) is 43.5 Å². The molecular weight excluding hydrogens is 202 g/mol. The Bertz CT molecular complexity index is 380. The third-order valence-corrected chi connectivity index (χ3v) is 3.38. The van der Waals surface area contributed by atoms with Gasteiger partial charge in [0.05, 0.1) is 18.8 Å². The minimum Gasteiger partial charge on any atom is -0.495 e. The van der Waals surface area contributed by atoms with Gasteiger partial charge in [0.15, 0.2) is 0 Å². The maximum absolute atomic E-state index is 5.46. The van der Waals surface area contributed by atoms with Crippen molar-refractivity contribution in [3.8, 4) is 5.75 Å². The van der Waals surface area contributed by atoms with Gasteiger partial charge in [0.1, 0.15) is 11.4 Å². The third kappa shape index (κ3) is 1.41. The van der Waals surface area contributed by atoms with E-state index in [9.17, 15) is 0 Å². The second-order valence-corrected chi connectivity index (χ2v) is 4.29. The second-order valence-electron chi connectivity index (χ2n) is 4.29. The number of fused-ring (bicyclic) bond motifs is 3. The van der Waals surface area contributed by atoms with Crippen molar-refractivity contribution in [3.63, 3.8) is 0 Å². The number of piperazine rings is 1. The Morgan fingerprint density at radius 3 is 3.19 bits per heavy atom. The topological polar surface area (TPSA) is 36.5 Å². The number of nitrogens with one attached hydrogen (secondary N) is 2. The zero-order valence-corrected chi connectivity index (χ0v) is 9.49. The minimum atomic E-state index is 0.539. The fourth-order valence-corrected chi connectivity index (χ4v) is 2.59. The van der Waals surface area contributed by atoms with E-state index in [0.717, 1.165) is 31.9 Å². The van der Waals surface area contributed by atoms with Crippen LogP contribution in [0.15, 0.2) is 18.2 Å². The van der Waals surface area contributed by atoms with Crippen molar-refractivity contribution in [1.29, 1.82) is 0 Å². The Labute approximate surface area is 95.6 Å². The Morgan fingerprint density at radius 2 is 2.31 bits per heavy atom. The Morgan fingerprint density at radius 1 is 1.38 bits per heavy atom. The molecule has 0 bridgehead atoms. The highest BCUT2D eigenvalue weighted by molar-refractivity contribution is 5.79. The van der Waals surface area contributed by atoms with Crippen LogP contribution < -0.4 is 20.3 Å². The average Bonchev–Trinajstić information content (AvgIpc) is 2.37. The summed E-state index contributed by atoms with van der Waals surface area (Å²) in [6, 6.07) is 6.73. The quantitative estimate of drug-likeness (QED) is 0.736. The number of hydrogen-bond acceptors (Lipinski definition) is 4. The summed E-state index contributed by atoms with van der Waals surface area (Å²) in [6.07, 6.45) is 0. The fourth-order valence-electron chi connectivity index (χ4n) is 2.59. The number of rotatable bonds is 1. The van der Waals surface area contributed by atoms with E-state index in [0.29, 0.717) is 6.04 Å². The molecule has 16 heavy (non-hydrogen) atoms. The lowest BCUT2D eigenvalue weighted by Gasteiger charge is -2.43. The van der Waals surface area contributed by atoms with Gasteiger partial charge in [0.2, 0.25) is 0 Å². The van der Waals surface area contributed by atoms with E-state index in [1.54, 1.807) is 7.11 Å². The van der Waals surface area contributed by atoms with E-state index in [-0.39, 0.29) is 0 Å². The molecular formula is C12H17N3O. The van der Waals surface area contributed by atoms with Crippen molar-refractivity contribution in [2.45, 2.75) is 6.04 Å². The summed E-state index contributed by atoms with van der Waals surface area (Å²) in [7, 11) is 1.74. The van der Waals surface area contributed by atoms with E-state index in [1.807, 2.05) is 12.1 Å². The molecule has 0 radical (unpaired) electrons. The number of anilines is 2. The van der Waals surface area contributed by atoms with Gasteiger partial charge in [-0.3, -0.25) is 0 Å². The Kier molecular flexibility index (Phi) is 2.36. The molecule has 1 saturated heterocycles. The molecule has 0 aliphatic carbocycles. The van der Waals surface area contributed by atoms with Crippen LogP contribution in [0.5, 0.6) is 5.75 Å². The van der Waals surface area contributed by atoms with E-state index in [2.05, 4.69) is 21.6 Å². The molecule has 3 rings (SSSR count). The molecule has 2 N–H and O–H groups in total. The summed E-state index contributed by atoms with van der Waals surface area (Å²) in [6.45, 7) is 4.16. The van der Waals surface area contributed by atoms with E-state index in [4.69, 9.17) is 4.74 Å². The van der Waals surface area contributed by atoms with Crippen molar-refractivity contribution in [1.82, 2.24) is 5.32 Å². The van der Waals surface area contributed by atoms with E-state index < -0.39 is 0 Å².